The lowest BCUT2D eigenvalue weighted by Gasteiger charge is -2.30. The highest BCUT2D eigenvalue weighted by Gasteiger charge is 2.32. The molecule has 0 radical (unpaired) electrons. The fraction of sp³-hybridized carbons (Fsp3) is 0.600. The van der Waals surface area contributed by atoms with Crippen LogP contribution in [-0.2, 0) is 10.0 Å². The number of anilines is 1. The Bertz CT molecular complexity index is 581. The molecule has 5 nitrogen and oxygen atoms in total. The van der Waals surface area contributed by atoms with Gasteiger partial charge in [0.15, 0.2) is 0 Å². The van der Waals surface area contributed by atoms with Crippen LogP contribution >= 0.6 is 0 Å². The van der Waals surface area contributed by atoms with Gasteiger partial charge in [0, 0.05) is 12.6 Å². The molecule has 0 saturated carbocycles. The molecular weight excluding hydrogens is 288 g/mol. The third-order valence-corrected chi connectivity index (χ3v) is 6.00. The number of benzene rings is 1. The van der Waals surface area contributed by atoms with Gasteiger partial charge in [-0.1, -0.05) is 26.0 Å². The Morgan fingerprint density at radius 2 is 1.71 bits per heavy atom. The van der Waals surface area contributed by atoms with E-state index in [4.69, 9.17) is 5.73 Å². The molecule has 6 heteroatoms. The molecule has 0 aliphatic carbocycles. The molecule has 0 spiro atoms. The summed E-state index contributed by atoms with van der Waals surface area (Å²) in [6.07, 6.45) is 1.39. The summed E-state index contributed by atoms with van der Waals surface area (Å²) in [4.78, 5) is 0.169. The van der Waals surface area contributed by atoms with Crippen LogP contribution in [0.4, 0.5) is 5.69 Å². The molecule has 1 aromatic rings. The van der Waals surface area contributed by atoms with Crippen molar-refractivity contribution in [1.82, 2.24) is 4.31 Å². The van der Waals surface area contributed by atoms with Crippen molar-refractivity contribution < 1.29 is 13.5 Å². The first-order valence-electron chi connectivity index (χ1n) is 7.29. The Hall–Kier alpha value is -1.11. The number of rotatable bonds is 7. The van der Waals surface area contributed by atoms with Gasteiger partial charge in [0.2, 0.25) is 10.0 Å². The molecule has 0 aromatic heterocycles. The zero-order valence-corrected chi connectivity index (χ0v) is 14.1. The largest absolute Gasteiger partial charge is 0.397 e. The van der Waals surface area contributed by atoms with Crippen LogP contribution in [0.5, 0.6) is 0 Å². The number of aliphatic hydroxyl groups excluding tert-OH is 1. The summed E-state index contributed by atoms with van der Waals surface area (Å²) in [6, 6.07) is 3.45. The smallest absolute Gasteiger partial charge is 0.245 e. The summed E-state index contributed by atoms with van der Waals surface area (Å²) in [5, 5.41) is 9.24. The molecule has 0 heterocycles. The minimum absolute atomic E-state index is 0.0848. The maximum atomic E-state index is 13.0. The second-order valence-electron chi connectivity index (χ2n) is 5.25. The highest BCUT2D eigenvalue weighted by molar-refractivity contribution is 7.89. The van der Waals surface area contributed by atoms with Crippen LogP contribution in [0.15, 0.2) is 17.0 Å². The van der Waals surface area contributed by atoms with Crippen molar-refractivity contribution in [2.24, 2.45) is 0 Å². The van der Waals surface area contributed by atoms with Crippen LogP contribution < -0.4 is 5.73 Å². The van der Waals surface area contributed by atoms with Crippen LogP contribution in [0, 0.1) is 13.8 Å². The lowest BCUT2D eigenvalue weighted by atomic mass is 10.1. The fourth-order valence-corrected chi connectivity index (χ4v) is 4.72. The van der Waals surface area contributed by atoms with E-state index in [1.807, 2.05) is 19.9 Å². The van der Waals surface area contributed by atoms with E-state index in [1.54, 1.807) is 19.9 Å². The zero-order chi connectivity index (χ0) is 16.2. The number of hydrogen-bond acceptors (Lipinski definition) is 4. The molecule has 0 aliphatic heterocycles. The average Bonchev–Trinajstić information content (AvgIpc) is 2.43. The third-order valence-electron chi connectivity index (χ3n) is 3.85. The van der Waals surface area contributed by atoms with Crippen molar-refractivity contribution in [2.75, 3.05) is 18.9 Å². The van der Waals surface area contributed by atoms with Crippen molar-refractivity contribution in [3.05, 3.63) is 23.3 Å². The number of hydrogen-bond donors (Lipinski definition) is 2. The quantitative estimate of drug-likeness (QED) is 0.755. The van der Waals surface area contributed by atoms with Gasteiger partial charge in [0.05, 0.1) is 12.3 Å². The Labute approximate surface area is 127 Å². The molecule has 0 aliphatic rings. The summed E-state index contributed by atoms with van der Waals surface area (Å²) >= 11 is 0. The first-order valence-corrected chi connectivity index (χ1v) is 8.73. The molecule has 0 saturated heterocycles. The van der Waals surface area contributed by atoms with Gasteiger partial charge in [0.1, 0.15) is 4.90 Å². The average molecular weight is 314 g/mol. The van der Waals surface area contributed by atoms with Gasteiger partial charge in [-0.3, -0.25) is 0 Å². The molecule has 0 amide bonds. The topological polar surface area (TPSA) is 83.6 Å². The monoisotopic (exact) mass is 314 g/mol. The first kappa shape index (κ1) is 17.9. The molecule has 0 bridgehead atoms. The van der Waals surface area contributed by atoms with Gasteiger partial charge in [-0.25, -0.2) is 8.42 Å². The van der Waals surface area contributed by atoms with Crippen LogP contribution in [0.2, 0.25) is 0 Å². The predicted molar refractivity (Wildman–Crippen MR) is 85.7 cm³/mol. The van der Waals surface area contributed by atoms with Crippen molar-refractivity contribution >= 4 is 15.7 Å². The normalized spacial score (nSPS) is 12.3. The molecule has 1 rings (SSSR count). The Morgan fingerprint density at radius 3 is 2.19 bits per heavy atom. The minimum Gasteiger partial charge on any atom is -0.397 e. The molecular formula is C15H26N2O3S. The van der Waals surface area contributed by atoms with Crippen LogP contribution in [-0.4, -0.2) is 37.0 Å². The summed E-state index contributed by atoms with van der Waals surface area (Å²) in [7, 11) is -3.72. The second-order valence-corrected chi connectivity index (χ2v) is 7.08. The minimum atomic E-state index is -3.72. The number of sulfonamides is 1. The van der Waals surface area contributed by atoms with E-state index in [9.17, 15) is 13.5 Å². The van der Waals surface area contributed by atoms with Crippen LogP contribution in [0.25, 0.3) is 0 Å². The van der Waals surface area contributed by atoms with Gasteiger partial charge in [0.25, 0.3) is 0 Å². The van der Waals surface area contributed by atoms with Gasteiger partial charge in [-0.15, -0.1) is 0 Å². The van der Waals surface area contributed by atoms with E-state index in [2.05, 4.69) is 0 Å². The number of nitrogen functional groups attached to an aromatic ring is 1. The first-order chi connectivity index (χ1) is 9.81. The number of aryl methyl sites for hydroxylation is 2. The Kier molecular flexibility index (Phi) is 6.19. The fourth-order valence-electron chi connectivity index (χ4n) is 2.56. The lowest BCUT2D eigenvalue weighted by Crippen LogP contribution is -2.42. The Morgan fingerprint density at radius 1 is 1.19 bits per heavy atom. The lowest BCUT2D eigenvalue weighted by molar-refractivity contribution is 0.219. The van der Waals surface area contributed by atoms with E-state index in [1.165, 1.54) is 4.31 Å². The van der Waals surface area contributed by atoms with Crippen molar-refractivity contribution in [3.63, 3.8) is 0 Å². The summed E-state index contributed by atoms with van der Waals surface area (Å²) < 4.78 is 27.4. The second kappa shape index (κ2) is 7.24. The summed E-state index contributed by atoms with van der Waals surface area (Å²) in [5.74, 6) is 0. The summed E-state index contributed by atoms with van der Waals surface area (Å²) in [6.45, 7) is 7.30. The van der Waals surface area contributed by atoms with E-state index in [0.29, 0.717) is 24.1 Å². The molecule has 0 atom stereocenters. The molecule has 0 unspecified atom stereocenters. The van der Waals surface area contributed by atoms with E-state index in [-0.39, 0.29) is 24.1 Å². The standard InChI is InChI=1S/C15H26N2O3S/c1-5-13(6-2)17(9-10-18)21(19,20)15-12(4)8-7-11(3)14(15)16/h7-8,13,18H,5-6,9-10,16H2,1-4H3. The molecule has 3 N–H and O–H groups in total. The third kappa shape index (κ3) is 3.56. The van der Waals surface area contributed by atoms with E-state index in [0.717, 1.165) is 5.56 Å². The van der Waals surface area contributed by atoms with Gasteiger partial charge in [-0.2, -0.15) is 4.31 Å². The molecule has 0 fully saturated rings. The SMILES string of the molecule is CCC(CC)N(CCO)S(=O)(=O)c1c(C)ccc(C)c1N. The maximum Gasteiger partial charge on any atom is 0.245 e. The van der Waals surface area contributed by atoms with Crippen molar-refractivity contribution in [1.29, 1.82) is 0 Å². The van der Waals surface area contributed by atoms with Crippen molar-refractivity contribution in [3.8, 4) is 0 Å². The van der Waals surface area contributed by atoms with Gasteiger partial charge >= 0.3 is 0 Å². The zero-order valence-electron chi connectivity index (χ0n) is 13.3. The van der Waals surface area contributed by atoms with E-state index < -0.39 is 10.0 Å². The summed E-state index contributed by atoms with van der Waals surface area (Å²) in [5.41, 5.74) is 7.69. The van der Waals surface area contributed by atoms with Gasteiger partial charge < -0.3 is 10.8 Å². The highest BCUT2D eigenvalue weighted by atomic mass is 32.2. The molecule has 120 valence electrons. The van der Waals surface area contributed by atoms with Crippen LogP contribution in [0.1, 0.15) is 37.8 Å². The van der Waals surface area contributed by atoms with Gasteiger partial charge in [-0.05, 0) is 37.8 Å². The number of nitrogens with zero attached hydrogens (tertiary/aromatic N) is 1. The number of aliphatic hydroxyl groups is 1. The van der Waals surface area contributed by atoms with E-state index >= 15 is 0 Å². The predicted octanol–water partition coefficient (Wildman–Crippen LogP) is 2.06. The van der Waals surface area contributed by atoms with Crippen molar-refractivity contribution in [2.45, 2.75) is 51.5 Å². The number of nitrogens with two attached hydrogens (primary N) is 1. The highest BCUT2D eigenvalue weighted by Crippen LogP contribution is 2.30. The maximum absolute atomic E-state index is 13.0. The van der Waals surface area contributed by atoms with Crippen LogP contribution in [0.3, 0.4) is 0 Å². The molecule has 21 heavy (non-hydrogen) atoms. The molecule has 1 aromatic carbocycles. The Balaban J connectivity index is 3.46.